The van der Waals surface area contributed by atoms with Crippen molar-refractivity contribution in [1.29, 1.82) is 0 Å². The number of halogens is 10. The summed E-state index contributed by atoms with van der Waals surface area (Å²) >= 11 is 16.0. The van der Waals surface area contributed by atoms with Crippen LogP contribution >= 0.6 is 34.8 Å². The highest BCUT2D eigenvalue weighted by atomic mass is 35.5. The number of carbonyl (C=O) groups excluding carboxylic acids is 1. The van der Waals surface area contributed by atoms with Crippen molar-refractivity contribution in [3.05, 3.63) is 56.1 Å². The van der Waals surface area contributed by atoms with Crippen LogP contribution in [-0.2, 0) is 22.6 Å². The zero-order valence-electron chi connectivity index (χ0n) is 15.8. The van der Waals surface area contributed by atoms with Crippen molar-refractivity contribution in [3.63, 3.8) is 0 Å². The quantitative estimate of drug-likeness (QED) is 0.230. The Bertz CT molecular complexity index is 926. The van der Waals surface area contributed by atoms with Gasteiger partial charge in [0.2, 0.25) is 0 Å². The molecule has 0 heterocycles. The number of ether oxygens (including phenoxy) is 1. The molecule has 0 aromatic heterocycles. The fourth-order valence-electron chi connectivity index (χ4n) is 3.14. The first-order valence-corrected chi connectivity index (χ1v) is 9.73. The molecule has 0 aliphatic heterocycles. The average molecular weight is 514 g/mol. The Morgan fingerprint density at radius 1 is 1.03 bits per heavy atom. The third kappa shape index (κ3) is 5.31. The molecular formula is C19H14Cl3F7O2. The largest absolute Gasteiger partial charge is 0.460 e. The van der Waals surface area contributed by atoms with E-state index in [1.165, 1.54) is 13.8 Å². The molecule has 1 aromatic rings. The summed E-state index contributed by atoms with van der Waals surface area (Å²) in [7, 11) is 0. The van der Waals surface area contributed by atoms with Gasteiger partial charge in [0.05, 0.1) is 11.5 Å². The normalized spacial score (nSPS) is 21.3. The molecule has 0 amide bonds. The summed E-state index contributed by atoms with van der Waals surface area (Å²) in [6.07, 6.45) is -4.88. The summed E-state index contributed by atoms with van der Waals surface area (Å²) in [6.45, 7) is 1.74. The molecule has 172 valence electrons. The van der Waals surface area contributed by atoms with Gasteiger partial charge in [-0.25, -0.2) is 17.6 Å². The van der Waals surface area contributed by atoms with Crippen LogP contribution in [0, 0.1) is 40.5 Å². The highest BCUT2D eigenvalue weighted by Gasteiger charge is 2.62. The van der Waals surface area contributed by atoms with Gasteiger partial charge in [-0.15, -0.1) is 0 Å². The molecule has 1 aliphatic rings. The number of allylic oxidation sites excluding steroid dienone is 3. The van der Waals surface area contributed by atoms with Gasteiger partial charge in [0, 0.05) is 22.6 Å². The van der Waals surface area contributed by atoms with E-state index < -0.39 is 81.9 Å². The topological polar surface area (TPSA) is 26.3 Å². The Kier molecular flexibility index (Phi) is 7.65. The van der Waals surface area contributed by atoms with E-state index in [4.69, 9.17) is 39.5 Å². The van der Waals surface area contributed by atoms with Crippen LogP contribution in [-0.4, -0.2) is 12.1 Å². The van der Waals surface area contributed by atoms with E-state index in [2.05, 4.69) is 0 Å². The Balaban J connectivity index is 2.21. The molecule has 0 bridgehead atoms. The molecule has 0 radical (unpaired) electrons. The van der Waals surface area contributed by atoms with Crippen molar-refractivity contribution in [1.82, 2.24) is 0 Å². The maximum Gasteiger partial charge on any atom is 0.426 e. The van der Waals surface area contributed by atoms with Crippen molar-refractivity contribution in [2.75, 3.05) is 0 Å². The van der Waals surface area contributed by atoms with E-state index >= 15 is 0 Å². The second-order valence-corrected chi connectivity index (χ2v) is 8.50. The number of rotatable bonds is 6. The van der Waals surface area contributed by atoms with E-state index in [0.29, 0.717) is 6.08 Å². The Labute approximate surface area is 187 Å². The van der Waals surface area contributed by atoms with E-state index in [-0.39, 0.29) is 5.03 Å². The standard InChI is InChI=1S/C19H14Cl3F7O2/c1-18(2)10(4-11(22)19(27,28)29)12(18)17(30)31-6-9-15(25)13(23)8(3-7(21)5-20)14(24)16(9)26/h4-5,10,12H,3,6H2,1-2H3/t10-,12+/m1/s1. The minimum atomic E-state index is -4.81. The zero-order valence-corrected chi connectivity index (χ0v) is 18.1. The molecular weight excluding hydrogens is 500 g/mol. The number of carbonyl (C=O) groups is 1. The first-order valence-electron chi connectivity index (χ1n) is 8.54. The predicted octanol–water partition coefficient (Wildman–Crippen LogP) is 7.10. The summed E-state index contributed by atoms with van der Waals surface area (Å²) in [4.78, 5) is 12.2. The molecule has 1 aliphatic carbocycles. The highest BCUT2D eigenvalue weighted by molar-refractivity contribution is 6.36. The number of hydrogen-bond donors (Lipinski definition) is 0. The zero-order chi connectivity index (χ0) is 23.9. The van der Waals surface area contributed by atoms with Crippen LogP contribution in [0.3, 0.4) is 0 Å². The molecule has 1 aromatic carbocycles. The van der Waals surface area contributed by atoms with Gasteiger partial charge in [0.1, 0.15) is 11.6 Å². The fourth-order valence-corrected chi connectivity index (χ4v) is 3.48. The highest BCUT2D eigenvalue weighted by Crippen LogP contribution is 2.60. The maximum atomic E-state index is 14.2. The molecule has 12 heteroatoms. The molecule has 0 N–H and O–H groups in total. The maximum absolute atomic E-state index is 14.2. The SMILES string of the molecule is CC1(C)[C@H](C=C(Cl)C(F)(F)F)[C@H]1C(=O)OCc1c(F)c(F)c(CC(Cl)=CCl)c(F)c1F. The van der Waals surface area contributed by atoms with Crippen molar-refractivity contribution in [2.45, 2.75) is 33.1 Å². The summed E-state index contributed by atoms with van der Waals surface area (Å²) in [6, 6.07) is 0. The molecule has 0 unspecified atom stereocenters. The van der Waals surface area contributed by atoms with Gasteiger partial charge in [-0.1, -0.05) is 54.7 Å². The van der Waals surface area contributed by atoms with Gasteiger partial charge in [0.15, 0.2) is 23.3 Å². The number of benzene rings is 1. The van der Waals surface area contributed by atoms with Crippen LogP contribution in [0.1, 0.15) is 25.0 Å². The van der Waals surface area contributed by atoms with Gasteiger partial charge in [-0.05, 0) is 11.3 Å². The van der Waals surface area contributed by atoms with Gasteiger partial charge in [-0.3, -0.25) is 4.79 Å². The van der Waals surface area contributed by atoms with Crippen molar-refractivity contribution < 1.29 is 40.3 Å². The Morgan fingerprint density at radius 2 is 1.52 bits per heavy atom. The lowest BCUT2D eigenvalue weighted by Crippen LogP contribution is -2.15. The molecule has 0 spiro atoms. The number of hydrogen-bond acceptors (Lipinski definition) is 2. The van der Waals surface area contributed by atoms with E-state index in [0.717, 1.165) is 5.54 Å². The van der Waals surface area contributed by atoms with Gasteiger partial charge in [0.25, 0.3) is 0 Å². The van der Waals surface area contributed by atoms with Crippen molar-refractivity contribution in [2.24, 2.45) is 17.3 Å². The molecule has 2 nitrogen and oxygen atoms in total. The van der Waals surface area contributed by atoms with Crippen LogP contribution in [0.2, 0.25) is 0 Å². The van der Waals surface area contributed by atoms with Crippen molar-refractivity contribution >= 4 is 40.8 Å². The second kappa shape index (κ2) is 9.19. The first kappa shape index (κ1) is 25.8. The van der Waals surface area contributed by atoms with E-state index in [1.807, 2.05) is 0 Å². The second-order valence-electron chi connectivity index (χ2n) is 7.39. The lowest BCUT2D eigenvalue weighted by Gasteiger charge is -2.12. The van der Waals surface area contributed by atoms with Gasteiger partial charge in [-0.2, -0.15) is 13.2 Å². The molecule has 2 atom stereocenters. The number of alkyl halides is 3. The fraction of sp³-hybridized carbons (Fsp3) is 0.421. The summed E-state index contributed by atoms with van der Waals surface area (Å²) < 4.78 is 99.3. The Hall–Kier alpha value is -1.45. The summed E-state index contributed by atoms with van der Waals surface area (Å²) in [5.41, 5.74) is -2.43. The van der Waals surface area contributed by atoms with Crippen LogP contribution in [0.25, 0.3) is 0 Å². The summed E-state index contributed by atoms with van der Waals surface area (Å²) in [5.74, 6) is -10.2. The van der Waals surface area contributed by atoms with Gasteiger partial charge < -0.3 is 4.74 Å². The number of esters is 1. The van der Waals surface area contributed by atoms with Gasteiger partial charge >= 0.3 is 12.1 Å². The summed E-state index contributed by atoms with van der Waals surface area (Å²) in [5, 5.41) is -1.72. The third-order valence-corrected chi connectivity index (χ3v) is 5.99. The monoisotopic (exact) mass is 512 g/mol. The molecule has 0 saturated heterocycles. The predicted molar refractivity (Wildman–Crippen MR) is 100 cm³/mol. The molecule has 1 saturated carbocycles. The Morgan fingerprint density at radius 3 is 1.97 bits per heavy atom. The smallest absolute Gasteiger partial charge is 0.426 e. The van der Waals surface area contributed by atoms with Crippen LogP contribution in [0.15, 0.2) is 21.7 Å². The third-order valence-electron chi connectivity index (χ3n) is 5.03. The van der Waals surface area contributed by atoms with E-state index in [1.54, 1.807) is 0 Å². The first-order chi connectivity index (χ1) is 14.1. The lowest BCUT2D eigenvalue weighted by molar-refractivity contribution is -0.147. The average Bonchev–Trinajstić information content (AvgIpc) is 3.22. The molecule has 1 fully saturated rings. The molecule has 31 heavy (non-hydrogen) atoms. The lowest BCUT2D eigenvalue weighted by atomic mass is 10.1. The van der Waals surface area contributed by atoms with Crippen LogP contribution < -0.4 is 0 Å². The van der Waals surface area contributed by atoms with Crippen molar-refractivity contribution in [3.8, 4) is 0 Å². The minimum absolute atomic E-state index is 0.287. The van der Waals surface area contributed by atoms with E-state index in [9.17, 15) is 35.5 Å². The minimum Gasteiger partial charge on any atom is -0.460 e. The van der Waals surface area contributed by atoms with Crippen LogP contribution in [0.4, 0.5) is 30.7 Å². The molecule has 2 rings (SSSR count). The van der Waals surface area contributed by atoms with Crippen LogP contribution in [0.5, 0.6) is 0 Å².